The van der Waals surface area contributed by atoms with E-state index in [4.69, 9.17) is 28.9 Å². The second-order valence-corrected chi connectivity index (χ2v) is 7.22. The van der Waals surface area contributed by atoms with Gasteiger partial charge in [0, 0.05) is 37.2 Å². The van der Waals surface area contributed by atoms with E-state index in [0.717, 1.165) is 27.7 Å². The Morgan fingerprint density at radius 3 is 2.43 bits per heavy atom. The molecule has 0 amide bonds. The maximum absolute atomic E-state index is 6.38. The van der Waals surface area contributed by atoms with Crippen molar-refractivity contribution in [3.8, 4) is 0 Å². The maximum atomic E-state index is 6.38. The zero-order valence-corrected chi connectivity index (χ0v) is 16.3. The molecule has 0 saturated carbocycles. The van der Waals surface area contributed by atoms with Gasteiger partial charge < -0.3 is 10.7 Å². The summed E-state index contributed by atoms with van der Waals surface area (Å²) in [6.45, 7) is 2.07. The molecule has 3 N–H and O–H groups in total. The predicted octanol–water partition coefficient (Wildman–Crippen LogP) is 6.21. The number of hydrogen-bond acceptors (Lipinski definition) is 1. The van der Waals surface area contributed by atoms with Crippen LogP contribution in [0.15, 0.2) is 40.9 Å². The topological polar surface area (TPSA) is 41.8 Å². The van der Waals surface area contributed by atoms with Gasteiger partial charge >= 0.3 is 0 Å². The van der Waals surface area contributed by atoms with Gasteiger partial charge in [-0.25, -0.2) is 0 Å². The lowest BCUT2D eigenvalue weighted by molar-refractivity contribution is 0.722. The van der Waals surface area contributed by atoms with Crippen molar-refractivity contribution in [2.24, 2.45) is 5.73 Å². The molecule has 0 spiro atoms. The SMILES string of the molecule is Cc1[nH]c2ccc(Br)cc2c1CC(N)c1cc(Cl)cc(Cl)c1.Cl. The highest BCUT2D eigenvalue weighted by atomic mass is 79.9. The first-order valence-electron chi connectivity index (χ1n) is 6.92. The van der Waals surface area contributed by atoms with Crippen molar-refractivity contribution in [2.75, 3.05) is 0 Å². The number of nitrogens with two attached hydrogens (primary N) is 1. The first-order valence-corrected chi connectivity index (χ1v) is 8.47. The van der Waals surface area contributed by atoms with Crippen LogP contribution < -0.4 is 5.73 Å². The third-order valence-corrected chi connectivity index (χ3v) is 4.75. The van der Waals surface area contributed by atoms with Crippen molar-refractivity contribution in [3.63, 3.8) is 0 Å². The van der Waals surface area contributed by atoms with Crippen molar-refractivity contribution in [1.29, 1.82) is 0 Å². The molecule has 0 aliphatic carbocycles. The predicted molar refractivity (Wildman–Crippen MR) is 105 cm³/mol. The van der Waals surface area contributed by atoms with Crippen LogP contribution in [-0.4, -0.2) is 4.98 Å². The Balaban J connectivity index is 0.00000192. The molecular formula is C17H16BrCl3N2. The fraction of sp³-hybridized carbons (Fsp3) is 0.176. The van der Waals surface area contributed by atoms with Gasteiger partial charge in [-0.3, -0.25) is 0 Å². The lowest BCUT2D eigenvalue weighted by Crippen LogP contribution is -2.13. The van der Waals surface area contributed by atoms with Gasteiger partial charge in [-0.2, -0.15) is 0 Å². The largest absolute Gasteiger partial charge is 0.358 e. The van der Waals surface area contributed by atoms with Crippen molar-refractivity contribution in [1.82, 2.24) is 4.98 Å². The average molecular weight is 435 g/mol. The molecule has 2 nitrogen and oxygen atoms in total. The number of aryl methyl sites for hydroxylation is 1. The Hall–Kier alpha value is -0.710. The van der Waals surface area contributed by atoms with Gasteiger partial charge in [0.1, 0.15) is 0 Å². The number of aromatic amines is 1. The Kier molecular flexibility index (Phi) is 6.04. The highest BCUT2D eigenvalue weighted by molar-refractivity contribution is 9.10. The van der Waals surface area contributed by atoms with Crippen LogP contribution in [0.5, 0.6) is 0 Å². The highest BCUT2D eigenvalue weighted by Gasteiger charge is 2.15. The molecule has 0 bridgehead atoms. The first-order chi connectivity index (χ1) is 10.4. The minimum Gasteiger partial charge on any atom is -0.358 e. The van der Waals surface area contributed by atoms with Crippen LogP contribution in [0.1, 0.15) is 22.9 Å². The lowest BCUT2D eigenvalue weighted by atomic mass is 9.98. The van der Waals surface area contributed by atoms with Crippen molar-refractivity contribution in [2.45, 2.75) is 19.4 Å². The van der Waals surface area contributed by atoms with Gasteiger partial charge in [0.25, 0.3) is 0 Å². The van der Waals surface area contributed by atoms with E-state index in [2.05, 4.69) is 40.0 Å². The van der Waals surface area contributed by atoms with Crippen LogP contribution in [0, 0.1) is 6.92 Å². The monoisotopic (exact) mass is 432 g/mol. The summed E-state index contributed by atoms with van der Waals surface area (Å²) < 4.78 is 1.06. The van der Waals surface area contributed by atoms with Crippen LogP contribution in [-0.2, 0) is 6.42 Å². The second-order valence-electron chi connectivity index (χ2n) is 5.43. The van der Waals surface area contributed by atoms with Gasteiger partial charge in [0.05, 0.1) is 0 Å². The number of nitrogens with one attached hydrogen (secondary N) is 1. The molecule has 1 atom stereocenters. The molecule has 1 unspecified atom stereocenters. The summed E-state index contributed by atoms with van der Waals surface area (Å²) in [5.74, 6) is 0. The van der Waals surface area contributed by atoms with E-state index in [1.54, 1.807) is 6.07 Å². The van der Waals surface area contributed by atoms with E-state index in [1.807, 2.05) is 18.2 Å². The van der Waals surface area contributed by atoms with E-state index in [1.165, 1.54) is 10.9 Å². The van der Waals surface area contributed by atoms with Crippen LogP contribution in [0.25, 0.3) is 10.9 Å². The number of rotatable bonds is 3. The van der Waals surface area contributed by atoms with Crippen LogP contribution in [0.4, 0.5) is 0 Å². The normalized spacial score (nSPS) is 12.2. The standard InChI is InChI=1S/C17H15BrCl2N2.ClH/c1-9-14(15-6-11(18)2-3-17(15)22-9)8-16(21)10-4-12(19)7-13(20)5-10;/h2-7,16,22H,8,21H2,1H3;1H. The molecule has 2 aromatic carbocycles. The molecule has 0 radical (unpaired) electrons. The highest BCUT2D eigenvalue weighted by Crippen LogP contribution is 2.30. The summed E-state index contributed by atoms with van der Waals surface area (Å²) in [6.07, 6.45) is 0.721. The average Bonchev–Trinajstić information content (AvgIpc) is 2.74. The molecule has 0 fully saturated rings. The van der Waals surface area contributed by atoms with E-state index in [9.17, 15) is 0 Å². The van der Waals surface area contributed by atoms with Gasteiger partial charge in [0.15, 0.2) is 0 Å². The molecule has 3 aromatic rings. The molecule has 6 heteroatoms. The Morgan fingerprint density at radius 2 is 1.78 bits per heavy atom. The number of hydrogen-bond donors (Lipinski definition) is 2. The molecule has 0 saturated heterocycles. The third kappa shape index (κ3) is 4.04. The van der Waals surface area contributed by atoms with Gasteiger partial charge in [-0.1, -0.05) is 39.1 Å². The zero-order chi connectivity index (χ0) is 15.9. The van der Waals surface area contributed by atoms with Crippen molar-refractivity contribution < 1.29 is 0 Å². The summed E-state index contributed by atoms with van der Waals surface area (Å²) in [6, 6.07) is 11.5. The maximum Gasteiger partial charge on any atom is 0.0459 e. The molecular weight excluding hydrogens is 418 g/mol. The minimum absolute atomic E-state index is 0. The van der Waals surface area contributed by atoms with Gasteiger partial charge in [0.2, 0.25) is 0 Å². The van der Waals surface area contributed by atoms with Crippen LogP contribution in [0.2, 0.25) is 10.0 Å². The molecule has 122 valence electrons. The minimum atomic E-state index is -0.159. The molecule has 1 heterocycles. The molecule has 3 rings (SSSR count). The number of benzene rings is 2. The zero-order valence-electron chi connectivity index (χ0n) is 12.4. The summed E-state index contributed by atoms with van der Waals surface area (Å²) in [7, 11) is 0. The Morgan fingerprint density at radius 1 is 1.13 bits per heavy atom. The number of halogens is 4. The van der Waals surface area contributed by atoms with Gasteiger partial charge in [-0.15, -0.1) is 12.4 Å². The number of fused-ring (bicyclic) bond motifs is 1. The molecule has 1 aromatic heterocycles. The summed E-state index contributed by atoms with van der Waals surface area (Å²) >= 11 is 15.7. The molecule has 23 heavy (non-hydrogen) atoms. The van der Waals surface area contributed by atoms with E-state index >= 15 is 0 Å². The Bertz CT molecular complexity index is 825. The number of H-pyrrole nitrogens is 1. The quantitative estimate of drug-likeness (QED) is 0.506. The summed E-state index contributed by atoms with van der Waals surface area (Å²) in [5, 5.41) is 2.41. The smallest absolute Gasteiger partial charge is 0.0459 e. The van der Waals surface area contributed by atoms with E-state index < -0.39 is 0 Å². The first kappa shape index (κ1) is 18.6. The van der Waals surface area contributed by atoms with Crippen molar-refractivity contribution in [3.05, 3.63) is 67.7 Å². The van der Waals surface area contributed by atoms with Crippen LogP contribution in [0.3, 0.4) is 0 Å². The van der Waals surface area contributed by atoms with E-state index in [-0.39, 0.29) is 18.4 Å². The fourth-order valence-electron chi connectivity index (χ4n) is 2.74. The van der Waals surface area contributed by atoms with Crippen molar-refractivity contribution >= 4 is 62.4 Å². The van der Waals surface area contributed by atoms with Crippen LogP contribution >= 0.6 is 51.5 Å². The molecule has 0 aliphatic heterocycles. The van der Waals surface area contributed by atoms with Gasteiger partial charge in [-0.05, 0) is 60.9 Å². The van der Waals surface area contributed by atoms with E-state index in [0.29, 0.717) is 10.0 Å². The number of aromatic nitrogens is 1. The lowest BCUT2D eigenvalue weighted by Gasteiger charge is -2.13. The second kappa shape index (κ2) is 7.45. The summed E-state index contributed by atoms with van der Waals surface area (Å²) in [4.78, 5) is 3.41. The Labute approximate surface area is 159 Å². The molecule has 0 aliphatic rings. The fourth-order valence-corrected chi connectivity index (χ4v) is 3.65. The third-order valence-electron chi connectivity index (χ3n) is 3.82. The summed E-state index contributed by atoms with van der Waals surface area (Å²) in [5.41, 5.74) is 10.8.